The van der Waals surface area contributed by atoms with Gasteiger partial charge in [-0.3, -0.25) is 0 Å². The lowest BCUT2D eigenvalue weighted by atomic mass is 9.94. The van der Waals surface area contributed by atoms with E-state index >= 15 is 0 Å². The van der Waals surface area contributed by atoms with Gasteiger partial charge in [-0.05, 0) is 37.7 Å². The van der Waals surface area contributed by atoms with Gasteiger partial charge in [0, 0.05) is 38.1 Å². The maximum absolute atomic E-state index is 12.6. The van der Waals surface area contributed by atoms with Crippen LogP contribution in [-0.2, 0) is 0 Å². The minimum Gasteiger partial charge on any atom is -0.352 e. The van der Waals surface area contributed by atoms with E-state index in [1.165, 1.54) is 32.1 Å². The highest BCUT2D eigenvalue weighted by Crippen LogP contribution is 2.32. The Kier molecular flexibility index (Phi) is 5.66. The maximum atomic E-state index is 12.6. The van der Waals surface area contributed by atoms with Crippen LogP contribution in [0.4, 0.5) is 10.7 Å². The van der Waals surface area contributed by atoms with Crippen LogP contribution in [0.5, 0.6) is 0 Å². The standard InChI is InChI=1S/C17H27N5O/c23-17(21-12-11-20-16-18-9-4-10-19-16)22(13-14-7-8-14)15-5-2-1-3-6-15/h4,9-10,14-15H,1-3,5-8,11-13H2,(H,21,23)(H,18,19,20). The van der Waals surface area contributed by atoms with Gasteiger partial charge < -0.3 is 15.5 Å². The predicted octanol–water partition coefficient (Wildman–Crippen LogP) is 2.64. The lowest BCUT2D eigenvalue weighted by Gasteiger charge is -2.34. The number of nitrogens with zero attached hydrogens (tertiary/aromatic N) is 3. The van der Waals surface area contributed by atoms with E-state index in [9.17, 15) is 4.79 Å². The summed E-state index contributed by atoms with van der Waals surface area (Å²) in [4.78, 5) is 22.9. The molecule has 2 N–H and O–H groups in total. The van der Waals surface area contributed by atoms with Crippen molar-refractivity contribution in [3.05, 3.63) is 18.5 Å². The normalized spacial score (nSPS) is 18.4. The molecule has 2 aliphatic rings. The number of amides is 2. The Bertz CT molecular complexity index is 485. The molecule has 0 aliphatic heterocycles. The summed E-state index contributed by atoms with van der Waals surface area (Å²) in [7, 11) is 0. The summed E-state index contributed by atoms with van der Waals surface area (Å²) in [5.41, 5.74) is 0. The molecule has 0 bridgehead atoms. The molecule has 6 heteroatoms. The van der Waals surface area contributed by atoms with Crippen molar-refractivity contribution < 1.29 is 4.79 Å². The Labute approximate surface area is 138 Å². The molecule has 6 nitrogen and oxygen atoms in total. The molecule has 126 valence electrons. The molecule has 0 unspecified atom stereocenters. The Morgan fingerprint density at radius 3 is 2.52 bits per heavy atom. The van der Waals surface area contributed by atoms with Crippen molar-refractivity contribution in [1.29, 1.82) is 0 Å². The molecule has 1 aromatic heterocycles. The summed E-state index contributed by atoms with van der Waals surface area (Å²) in [6, 6.07) is 2.32. The monoisotopic (exact) mass is 317 g/mol. The van der Waals surface area contributed by atoms with Crippen LogP contribution in [0, 0.1) is 5.92 Å². The van der Waals surface area contributed by atoms with E-state index in [2.05, 4.69) is 25.5 Å². The van der Waals surface area contributed by atoms with Crippen LogP contribution in [0.2, 0.25) is 0 Å². The molecule has 3 rings (SSSR count). The van der Waals surface area contributed by atoms with Crippen LogP contribution >= 0.6 is 0 Å². The molecule has 1 aromatic rings. The summed E-state index contributed by atoms with van der Waals surface area (Å²) in [6.45, 7) is 2.16. The van der Waals surface area contributed by atoms with Crippen LogP contribution in [0.15, 0.2) is 18.5 Å². The van der Waals surface area contributed by atoms with Gasteiger partial charge in [0.15, 0.2) is 0 Å². The highest BCUT2D eigenvalue weighted by molar-refractivity contribution is 5.74. The Balaban J connectivity index is 1.43. The van der Waals surface area contributed by atoms with E-state index in [1.807, 2.05) is 0 Å². The molecule has 0 atom stereocenters. The zero-order chi connectivity index (χ0) is 15.9. The van der Waals surface area contributed by atoms with Gasteiger partial charge in [-0.15, -0.1) is 0 Å². The smallest absolute Gasteiger partial charge is 0.317 e. The van der Waals surface area contributed by atoms with Gasteiger partial charge in [0.2, 0.25) is 5.95 Å². The predicted molar refractivity (Wildman–Crippen MR) is 90.2 cm³/mol. The van der Waals surface area contributed by atoms with Gasteiger partial charge in [0.25, 0.3) is 0 Å². The minimum absolute atomic E-state index is 0.0968. The number of carbonyl (C=O) groups is 1. The zero-order valence-electron chi connectivity index (χ0n) is 13.7. The third kappa shape index (κ3) is 5.08. The first kappa shape index (κ1) is 16.0. The number of hydrogen-bond donors (Lipinski definition) is 2. The number of anilines is 1. The molecule has 0 aromatic carbocycles. The zero-order valence-corrected chi connectivity index (χ0v) is 13.7. The molecule has 2 aliphatic carbocycles. The third-order valence-corrected chi connectivity index (χ3v) is 4.68. The molecule has 2 fully saturated rings. The van der Waals surface area contributed by atoms with Gasteiger partial charge in [-0.25, -0.2) is 14.8 Å². The van der Waals surface area contributed by atoms with Gasteiger partial charge in [-0.2, -0.15) is 0 Å². The van der Waals surface area contributed by atoms with Crippen LogP contribution in [0.25, 0.3) is 0 Å². The first-order valence-corrected chi connectivity index (χ1v) is 8.88. The molecular formula is C17H27N5O. The Hall–Kier alpha value is -1.85. The molecule has 0 saturated heterocycles. The van der Waals surface area contributed by atoms with Crippen molar-refractivity contribution in [2.75, 3.05) is 25.0 Å². The second-order valence-corrected chi connectivity index (χ2v) is 6.62. The first-order valence-electron chi connectivity index (χ1n) is 8.88. The second kappa shape index (κ2) is 8.13. The lowest BCUT2D eigenvalue weighted by molar-refractivity contribution is 0.152. The number of nitrogens with one attached hydrogen (secondary N) is 2. The topological polar surface area (TPSA) is 70.1 Å². The summed E-state index contributed by atoms with van der Waals surface area (Å²) < 4.78 is 0. The summed E-state index contributed by atoms with van der Waals surface area (Å²) in [6.07, 6.45) is 12.1. The average Bonchev–Trinajstić information content (AvgIpc) is 3.42. The lowest BCUT2D eigenvalue weighted by Crippen LogP contribution is -2.48. The van der Waals surface area contributed by atoms with E-state index in [4.69, 9.17) is 0 Å². The quantitative estimate of drug-likeness (QED) is 0.759. The van der Waals surface area contributed by atoms with E-state index < -0.39 is 0 Å². The molecular weight excluding hydrogens is 290 g/mol. The molecule has 23 heavy (non-hydrogen) atoms. The SMILES string of the molecule is O=C(NCCNc1ncccn1)N(CC1CC1)C1CCCCC1. The van der Waals surface area contributed by atoms with Gasteiger partial charge in [-0.1, -0.05) is 19.3 Å². The van der Waals surface area contributed by atoms with Crippen LogP contribution in [0.3, 0.4) is 0 Å². The molecule has 0 spiro atoms. The van der Waals surface area contributed by atoms with Crippen LogP contribution < -0.4 is 10.6 Å². The molecule has 0 radical (unpaired) electrons. The van der Waals surface area contributed by atoms with Crippen molar-refractivity contribution in [2.24, 2.45) is 5.92 Å². The minimum atomic E-state index is 0.0968. The van der Waals surface area contributed by atoms with E-state index in [0.717, 1.165) is 25.3 Å². The highest BCUT2D eigenvalue weighted by Gasteiger charge is 2.31. The largest absolute Gasteiger partial charge is 0.352 e. The summed E-state index contributed by atoms with van der Waals surface area (Å²) in [5, 5.41) is 6.17. The first-order chi connectivity index (χ1) is 11.3. The summed E-state index contributed by atoms with van der Waals surface area (Å²) >= 11 is 0. The fraction of sp³-hybridized carbons (Fsp3) is 0.706. The van der Waals surface area contributed by atoms with Crippen molar-refractivity contribution in [3.8, 4) is 0 Å². The van der Waals surface area contributed by atoms with Crippen molar-refractivity contribution in [3.63, 3.8) is 0 Å². The Morgan fingerprint density at radius 1 is 1.09 bits per heavy atom. The van der Waals surface area contributed by atoms with Gasteiger partial charge in [0.05, 0.1) is 0 Å². The number of rotatable bonds is 7. The fourth-order valence-corrected chi connectivity index (χ4v) is 3.20. The van der Waals surface area contributed by atoms with Crippen molar-refractivity contribution >= 4 is 12.0 Å². The fourth-order valence-electron chi connectivity index (χ4n) is 3.20. The molecule has 1 heterocycles. The number of hydrogen-bond acceptors (Lipinski definition) is 4. The molecule has 2 amide bonds. The molecule has 2 saturated carbocycles. The van der Waals surface area contributed by atoms with Gasteiger partial charge in [0.1, 0.15) is 0 Å². The Morgan fingerprint density at radius 2 is 1.83 bits per heavy atom. The third-order valence-electron chi connectivity index (χ3n) is 4.68. The van der Waals surface area contributed by atoms with Crippen molar-refractivity contribution in [1.82, 2.24) is 20.2 Å². The second-order valence-electron chi connectivity index (χ2n) is 6.62. The number of carbonyl (C=O) groups excluding carboxylic acids is 1. The van der Waals surface area contributed by atoms with Crippen LogP contribution in [-0.4, -0.2) is 46.6 Å². The average molecular weight is 317 g/mol. The maximum Gasteiger partial charge on any atom is 0.317 e. The van der Waals surface area contributed by atoms with Gasteiger partial charge >= 0.3 is 6.03 Å². The number of aromatic nitrogens is 2. The number of urea groups is 1. The highest BCUT2D eigenvalue weighted by atomic mass is 16.2. The van der Waals surface area contributed by atoms with E-state index in [0.29, 0.717) is 25.1 Å². The van der Waals surface area contributed by atoms with Crippen molar-refractivity contribution in [2.45, 2.75) is 51.0 Å². The van der Waals surface area contributed by atoms with E-state index in [1.54, 1.807) is 18.5 Å². The van der Waals surface area contributed by atoms with Crippen LogP contribution in [0.1, 0.15) is 44.9 Å². The van der Waals surface area contributed by atoms with E-state index in [-0.39, 0.29) is 6.03 Å². The summed E-state index contributed by atoms with van der Waals surface area (Å²) in [5.74, 6) is 1.34.